The van der Waals surface area contributed by atoms with Crippen LogP contribution in [-0.2, 0) is 6.54 Å². The zero-order chi connectivity index (χ0) is 12.1. The summed E-state index contributed by atoms with van der Waals surface area (Å²) in [6.45, 7) is 0.532. The van der Waals surface area contributed by atoms with E-state index in [9.17, 15) is 4.79 Å². The van der Waals surface area contributed by atoms with Crippen molar-refractivity contribution in [1.82, 2.24) is 5.32 Å². The quantitative estimate of drug-likeness (QED) is 0.730. The van der Waals surface area contributed by atoms with Crippen molar-refractivity contribution in [3.05, 3.63) is 46.7 Å². The van der Waals surface area contributed by atoms with E-state index in [0.717, 1.165) is 11.3 Å². The van der Waals surface area contributed by atoms with Gasteiger partial charge in [-0.2, -0.15) is 11.3 Å². The lowest BCUT2D eigenvalue weighted by Crippen LogP contribution is -2.27. The van der Waals surface area contributed by atoms with Gasteiger partial charge in [-0.1, -0.05) is 0 Å². The minimum atomic E-state index is -0.221. The average Bonchev–Trinajstić information content (AvgIpc) is 2.83. The Morgan fingerprint density at radius 1 is 1.24 bits per heavy atom. The average molecular weight is 247 g/mol. The van der Waals surface area contributed by atoms with Gasteiger partial charge in [0.2, 0.25) is 0 Å². The largest absolute Gasteiger partial charge is 0.399 e. The molecule has 0 fully saturated rings. The molecule has 5 heteroatoms. The van der Waals surface area contributed by atoms with Gasteiger partial charge in [0, 0.05) is 17.9 Å². The molecule has 2 aromatic rings. The van der Waals surface area contributed by atoms with Crippen LogP contribution in [0.2, 0.25) is 0 Å². The highest BCUT2D eigenvalue weighted by molar-refractivity contribution is 7.07. The summed E-state index contributed by atoms with van der Waals surface area (Å²) in [5, 5.41) is 9.49. The molecule has 0 aliphatic carbocycles. The Morgan fingerprint density at radius 3 is 2.65 bits per heavy atom. The predicted molar refractivity (Wildman–Crippen MR) is 71.0 cm³/mol. The molecule has 0 radical (unpaired) electrons. The van der Waals surface area contributed by atoms with Crippen LogP contribution in [0.4, 0.5) is 16.2 Å². The molecule has 17 heavy (non-hydrogen) atoms. The molecule has 0 atom stereocenters. The zero-order valence-electron chi connectivity index (χ0n) is 9.14. The van der Waals surface area contributed by atoms with Crippen molar-refractivity contribution < 1.29 is 4.79 Å². The van der Waals surface area contributed by atoms with Crippen LogP contribution in [-0.4, -0.2) is 6.03 Å². The highest BCUT2D eigenvalue weighted by atomic mass is 32.1. The molecule has 2 rings (SSSR count). The minimum absolute atomic E-state index is 0.221. The Hall–Kier alpha value is -2.01. The molecule has 1 heterocycles. The van der Waals surface area contributed by atoms with Gasteiger partial charge in [0.15, 0.2) is 0 Å². The number of amides is 2. The number of nitrogens with two attached hydrogens (primary N) is 1. The maximum atomic E-state index is 11.5. The Labute approximate surface area is 103 Å². The second-order valence-corrected chi connectivity index (χ2v) is 4.34. The first-order chi connectivity index (χ1) is 8.24. The normalized spacial score (nSPS) is 9.88. The molecule has 1 aromatic carbocycles. The molecule has 4 nitrogen and oxygen atoms in total. The van der Waals surface area contributed by atoms with Crippen molar-refractivity contribution in [3.63, 3.8) is 0 Å². The minimum Gasteiger partial charge on any atom is -0.399 e. The molecule has 0 bridgehead atoms. The summed E-state index contributed by atoms with van der Waals surface area (Å²) in [6, 6.07) is 8.77. The van der Waals surface area contributed by atoms with E-state index in [1.165, 1.54) is 0 Å². The summed E-state index contributed by atoms with van der Waals surface area (Å²) in [6.07, 6.45) is 0. The van der Waals surface area contributed by atoms with Crippen LogP contribution in [0, 0.1) is 0 Å². The molecule has 4 N–H and O–H groups in total. The van der Waals surface area contributed by atoms with Gasteiger partial charge in [0.25, 0.3) is 0 Å². The molecule has 0 aliphatic rings. The van der Waals surface area contributed by atoms with Gasteiger partial charge in [-0.3, -0.25) is 0 Å². The SMILES string of the molecule is Nc1ccc(NC(=O)NCc2ccsc2)cc1. The third kappa shape index (κ3) is 3.49. The second-order valence-electron chi connectivity index (χ2n) is 3.56. The first-order valence-corrected chi connectivity index (χ1v) is 6.10. The van der Waals surface area contributed by atoms with Crippen molar-refractivity contribution >= 4 is 28.7 Å². The molecular weight excluding hydrogens is 234 g/mol. The van der Waals surface area contributed by atoms with E-state index in [0.29, 0.717) is 12.2 Å². The van der Waals surface area contributed by atoms with E-state index >= 15 is 0 Å². The van der Waals surface area contributed by atoms with E-state index in [-0.39, 0.29) is 6.03 Å². The number of anilines is 2. The van der Waals surface area contributed by atoms with E-state index in [1.54, 1.807) is 35.6 Å². The van der Waals surface area contributed by atoms with E-state index < -0.39 is 0 Å². The molecule has 0 spiro atoms. The fourth-order valence-corrected chi connectivity index (χ4v) is 1.99. The zero-order valence-corrected chi connectivity index (χ0v) is 9.96. The first-order valence-electron chi connectivity index (χ1n) is 5.15. The Kier molecular flexibility index (Phi) is 3.62. The summed E-state index contributed by atoms with van der Waals surface area (Å²) >= 11 is 1.61. The molecule has 1 aromatic heterocycles. The smallest absolute Gasteiger partial charge is 0.319 e. The number of nitrogen functional groups attached to an aromatic ring is 1. The van der Waals surface area contributed by atoms with Crippen molar-refractivity contribution in [3.8, 4) is 0 Å². The highest BCUT2D eigenvalue weighted by Gasteiger charge is 2.01. The molecule has 88 valence electrons. The Bertz CT molecular complexity index is 479. The molecule has 0 unspecified atom stereocenters. The van der Waals surface area contributed by atoms with E-state index in [4.69, 9.17) is 5.73 Å². The van der Waals surface area contributed by atoms with Crippen LogP contribution in [0.3, 0.4) is 0 Å². The monoisotopic (exact) mass is 247 g/mol. The lowest BCUT2D eigenvalue weighted by Gasteiger charge is -2.06. The number of rotatable bonds is 3. The van der Waals surface area contributed by atoms with Crippen molar-refractivity contribution in [2.45, 2.75) is 6.54 Å². The summed E-state index contributed by atoms with van der Waals surface area (Å²) in [5.74, 6) is 0. The third-order valence-electron chi connectivity index (χ3n) is 2.20. The Morgan fingerprint density at radius 2 is 2.00 bits per heavy atom. The second kappa shape index (κ2) is 5.36. The number of hydrogen-bond acceptors (Lipinski definition) is 3. The van der Waals surface area contributed by atoms with Gasteiger partial charge in [-0.25, -0.2) is 4.79 Å². The lowest BCUT2D eigenvalue weighted by molar-refractivity contribution is 0.252. The fourth-order valence-electron chi connectivity index (χ4n) is 1.32. The first kappa shape index (κ1) is 11.5. The van der Waals surface area contributed by atoms with Crippen molar-refractivity contribution in [2.24, 2.45) is 0 Å². The number of nitrogens with one attached hydrogen (secondary N) is 2. The molecule has 0 aliphatic heterocycles. The summed E-state index contributed by atoms with van der Waals surface area (Å²) in [4.78, 5) is 11.5. The van der Waals surface area contributed by atoms with Gasteiger partial charge in [0.1, 0.15) is 0 Å². The van der Waals surface area contributed by atoms with E-state index in [1.807, 2.05) is 16.8 Å². The van der Waals surface area contributed by atoms with Crippen LogP contribution < -0.4 is 16.4 Å². The number of carbonyl (C=O) groups is 1. The lowest BCUT2D eigenvalue weighted by atomic mass is 10.3. The maximum absolute atomic E-state index is 11.5. The van der Waals surface area contributed by atoms with Crippen molar-refractivity contribution in [2.75, 3.05) is 11.1 Å². The van der Waals surface area contributed by atoms with Gasteiger partial charge >= 0.3 is 6.03 Å². The fraction of sp³-hybridized carbons (Fsp3) is 0.0833. The van der Waals surface area contributed by atoms with Gasteiger partial charge in [-0.05, 0) is 46.7 Å². The molecular formula is C12H13N3OS. The summed E-state index contributed by atoms with van der Waals surface area (Å²) < 4.78 is 0. The topological polar surface area (TPSA) is 67.1 Å². The number of carbonyl (C=O) groups excluding carboxylic acids is 1. The van der Waals surface area contributed by atoms with Gasteiger partial charge in [0.05, 0.1) is 0 Å². The predicted octanol–water partition coefficient (Wildman–Crippen LogP) is 2.65. The summed E-state index contributed by atoms with van der Waals surface area (Å²) in [5.41, 5.74) is 8.05. The Balaban J connectivity index is 1.83. The third-order valence-corrected chi connectivity index (χ3v) is 2.93. The highest BCUT2D eigenvalue weighted by Crippen LogP contribution is 2.10. The number of benzene rings is 1. The molecule has 0 saturated heterocycles. The number of hydrogen-bond donors (Lipinski definition) is 3. The standard InChI is InChI=1S/C12H13N3OS/c13-10-1-3-11(4-2-10)15-12(16)14-7-9-5-6-17-8-9/h1-6,8H,7,13H2,(H2,14,15,16). The van der Waals surface area contributed by atoms with Crippen molar-refractivity contribution in [1.29, 1.82) is 0 Å². The van der Waals surface area contributed by atoms with E-state index in [2.05, 4.69) is 10.6 Å². The van der Waals surface area contributed by atoms with Crippen LogP contribution in [0.25, 0.3) is 0 Å². The van der Waals surface area contributed by atoms with Gasteiger partial charge < -0.3 is 16.4 Å². The van der Waals surface area contributed by atoms with Crippen LogP contribution in [0.5, 0.6) is 0 Å². The van der Waals surface area contributed by atoms with Gasteiger partial charge in [-0.15, -0.1) is 0 Å². The maximum Gasteiger partial charge on any atom is 0.319 e. The number of thiophene rings is 1. The van der Waals surface area contributed by atoms with Crippen LogP contribution in [0.15, 0.2) is 41.1 Å². The van der Waals surface area contributed by atoms with Crippen LogP contribution >= 0.6 is 11.3 Å². The number of urea groups is 1. The van der Waals surface area contributed by atoms with Crippen LogP contribution in [0.1, 0.15) is 5.56 Å². The summed E-state index contributed by atoms with van der Waals surface area (Å²) in [7, 11) is 0. The molecule has 0 saturated carbocycles. The molecule has 2 amide bonds.